The number of hydrogen-bond acceptors (Lipinski definition) is 7. The van der Waals surface area contributed by atoms with Crippen molar-refractivity contribution in [2.24, 2.45) is 5.73 Å². The van der Waals surface area contributed by atoms with Gasteiger partial charge in [0.15, 0.2) is 0 Å². The number of carbonyl (C=O) groups is 1. The first kappa shape index (κ1) is 21.0. The number of fused-ring (bicyclic) bond motifs is 1. The van der Waals surface area contributed by atoms with E-state index in [4.69, 9.17) is 20.4 Å². The van der Waals surface area contributed by atoms with Gasteiger partial charge in [-0.15, -0.1) is 0 Å². The molecular weight excluding hydrogens is 435 g/mol. The largest absolute Gasteiger partial charge is 0.496 e. The Bertz CT molecular complexity index is 1290. The molecule has 6 rings (SSSR count). The van der Waals surface area contributed by atoms with Gasteiger partial charge in [-0.3, -0.25) is 14.7 Å². The van der Waals surface area contributed by atoms with Gasteiger partial charge in [-0.2, -0.15) is 4.98 Å². The normalized spacial score (nSPS) is 19.6. The zero-order valence-corrected chi connectivity index (χ0v) is 18.9. The monoisotopic (exact) mass is 460 g/mol. The van der Waals surface area contributed by atoms with Crippen LogP contribution in [-0.4, -0.2) is 47.1 Å². The molecule has 1 aliphatic carbocycles. The Labute approximate surface area is 196 Å². The fourth-order valence-corrected chi connectivity index (χ4v) is 4.81. The topological polar surface area (TPSA) is 97.5 Å². The number of ether oxygens (including phenoxy) is 1. The fraction of sp³-hybridized carbons (Fsp3) is 0.360. The molecule has 4 heterocycles. The van der Waals surface area contributed by atoms with Crippen molar-refractivity contribution in [2.45, 2.75) is 37.8 Å². The molecule has 3 aliphatic rings. The van der Waals surface area contributed by atoms with Gasteiger partial charge in [0.2, 0.25) is 5.95 Å². The molecule has 174 valence electrons. The van der Waals surface area contributed by atoms with Crippen molar-refractivity contribution >= 4 is 17.7 Å². The number of carbonyl (C=O) groups excluding carboxylic acids is 1. The quantitative estimate of drug-likeness (QED) is 0.624. The molecule has 2 aliphatic heterocycles. The molecule has 0 radical (unpaired) electrons. The lowest BCUT2D eigenvalue weighted by Gasteiger charge is -2.21. The molecule has 1 saturated heterocycles. The molecular formula is C25H25FN6O2. The minimum Gasteiger partial charge on any atom is -0.496 e. The lowest BCUT2D eigenvalue weighted by Crippen LogP contribution is -2.29. The Kier molecular flexibility index (Phi) is 4.95. The summed E-state index contributed by atoms with van der Waals surface area (Å²) in [5.74, 6) is 1.31. The Morgan fingerprint density at radius 3 is 2.76 bits per heavy atom. The van der Waals surface area contributed by atoms with Crippen LogP contribution < -0.4 is 20.3 Å². The maximum Gasteiger partial charge on any atom is 0.260 e. The average molecular weight is 461 g/mol. The fourth-order valence-electron chi connectivity index (χ4n) is 4.81. The summed E-state index contributed by atoms with van der Waals surface area (Å²) in [5, 5.41) is 0. The molecule has 0 spiro atoms. The lowest BCUT2D eigenvalue weighted by atomic mass is 10.0. The molecule has 2 fully saturated rings. The predicted molar refractivity (Wildman–Crippen MR) is 126 cm³/mol. The third kappa shape index (κ3) is 3.47. The smallest absolute Gasteiger partial charge is 0.260 e. The molecule has 0 bridgehead atoms. The summed E-state index contributed by atoms with van der Waals surface area (Å²) in [6, 6.07) is 8.33. The summed E-state index contributed by atoms with van der Waals surface area (Å²) in [7, 11) is 1.49. The molecule has 1 amide bonds. The average Bonchev–Trinajstić information content (AvgIpc) is 3.53. The second kappa shape index (κ2) is 8.02. The van der Waals surface area contributed by atoms with Crippen molar-refractivity contribution in [3.63, 3.8) is 0 Å². The van der Waals surface area contributed by atoms with Gasteiger partial charge < -0.3 is 15.4 Å². The number of pyridine rings is 1. The molecule has 2 aromatic heterocycles. The molecule has 3 aromatic rings. The Hall–Kier alpha value is -3.59. The van der Waals surface area contributed by atoms with Gasteiger partial charge in [0, 0.05) is 48.4 Å². The minimum atomic E-state index is -0.447. The van der Waals surface area contributed by atoms with E-state index in [1.807, 2.05) is 6.07 Å². The zero-order valence-electron chi connectivity index (χ0n) is 18.9. The molecule has 1 atom stereocenters. The molecule has 0 unspecified atom stereocenters. The third-order valence-corrected chi connectivity index (χ3v) is 6.78. The number of nitrogens with two attached hydrogens (primary N) is 1. The van der Waals surface area contributed by atoms with Crippen LogP contribution in [0, 0.1) is 5.82 Å². The Morgan fingerprint density at radius 1 is 1.18 bits per heavy atom. The Balaban J connectivity index is 1.42. The van der Waals surface area contributed by atoms with Crippen molar-refractivity contribution in [1.29, 1.82) is 0 Å². The number of nitrogens with zero attached hydrogens (tertiary/aromatic N) is 5. The van der Waals surface area contributed by atoms with Gasteiger partial charge in [0.25, 0.3) is 5.91 Å². The highest BCUT2D eigenvalue weighted by Crippen LogP contribution is 2.42. The first-order valence-corrected chi connectivity index (χ1v) is 11.6. The number of rotatable bonds is 5. The van der Waals surface area contributed by atoms with Gasteiger partial charge >= 0.3 is 0 Å². The standard InChI is InChI=1S/C25H25FN6O2/c1-34-20-4-2-3-18(26)22(20)23-17-13-32(24(33)16(17)7-9-28-23)21-11-19(14-5-6-14)29-25(30-21)31-10-8-15(27)12-31/h2-4,7,9,11,14-15H,5-6,8,10,12-13,27H2,1H3/t15-/m0/s1. The first-order chi connectivity index (χ1) is 16.5. The second-order valence-electron chi connectivity index (χ2n) is 9.11. The van der Waals surface area contributed by atoms with Gasteiger partial charge in [-0.05, 0) is 37.5 Å². The molecule has 8 nitrogen and oxygen atoms in total. The number of amides is 1. The number of benzene rings is 1. The van der Waals surface area contributed by atoms with Crippen LogP contribution in [0.4, 0.5) is 16.2 Å². The van der Waals surface area contributed by atoms with Crippen molar-refractivity contribution < 1.29 is 13.9 Å². The van der Waals surface area contributed by atoms with E-state index in [-0.39, 0.29) is 24.1 Å². The first-order valence-electron chi connectivity index (χ1n) is 11.6. The van der Waals surface area contributed by atoms with Crippen LogP contribution in [0.1, 0.15) is 46.8 Å². The van der Waals surface area contributed by atoms with Crippen LogP contribution in [-0.2, 0) is 6.54 Å². The van der Waals surface area contributed by atoms with E-state index in [2.05, 4.69) is 9.88 Å². The van der Waals surface area contributed by atoms with Gasteiger partial charge in [0.1, 0.15) is 17.4 Å². The Morgan fingerprint density at radius 2 is 2.03 bits per heavy atom. The number of aromatic nitrogens is 3. The molecule has 9 heteroatoms. The van der Waals surface area contributed by atoms with Crippen molar-refractivity contribution in [3.8, 4) is 17.0 Å². The highest BCUT2D eigenvalue weighted by Gasteiger charge is 2.36. The number of anilines is 2. The van der Waals surface area contributed by atoms with E-state index in [9.17, 15) is 9.18 Å². The van der Waals surface area contributed by atoms with Crippen LogP contribution in [0.2, 0.25) is 0 Å². The van der Waals surface area contributed by atoms with Crippen LogP contribution in [0.5, 0.6) is 5.75 Å². The predicted octanol–water partition coefficient (Wildman–Crippen LogP) is 3.26. The second-order valence-corrected chi connectivity index (χ2v) is 9.11. The summed E-state index contributed by atoms with van der Waals surface area (Å²) >= 11 is 0. The van der Waals surface area contributed by atoms with E-state index in [0.29, 0.717) is 46.8 Å². The number of methoxy groups -OCH3 is 1. The van der Waals surface area contributed by atoms with Crippen molar-refractivity contribution in [2.75, 3.05) is 30.0 Å². The summed E-state index contributed by atoms with van der Waals surface area (Å²) in [4.78, 5) is 31.2. The highest BCUT2D eigenvalue weighted by atomic mass is 19.1. The third-order valence-electron chi connectivity index (χ3n) is 6.78. The van der Waals surface area contributed by atoms with Gasteiger partial charge in [-0.1, -0.05) is 6.07 Å². The van der Waals surface area contributed by atoms with E-state index < -0.39 is 5.82 Å². The van der Waals surface area contributed by atoms with Crippen LogP contribution in [0.25, 0.3) is 11.3 Å². The van der Waals surface area contributed by atoms with Gasteiger partial charge in [-0.25, -0.2) is 9.37 Å². The summed E-state index contributed by atoms with van der Waals surface area (Å²) < 4.78 is 20.3. The highest BCUT2D eigenvalue weighted by molar-refractivity contribution is 6.10. The minimum absolute atomic E-state index is 0.0960. The van der Waals surface area contributed by atoms with E-state index >= 15 is 0 Å². The SMILES string of the molecule is COc1cccc(F)c1-c1nccc2c1CN(c1cc(C3CC3)nc(N3CC[C@H](N)C3)n1)C2=O. The molecule has 1 aromatic carbocycles. The zero-order chi connectivity index (χ0) is 23.4. The summed E-state index contributed by atoms with van der Waals surface area (Å²) in [6.07, 6.45) is 4.60. The summed E-state index contributed by atoms with van der Waals surface area (Å²) in [5.41, 5.74) is 8.88. The maximum atomic E-state index is 14.9. The molecule has 2 N–H and O–H groups in total. The summed E-state index contributed by atoms with van der Waals surface area (Å²) in [6.45, 7) is 1.74. The van der Waals surface area contributed by atoms with E-state index in [1.54, 1.807) is 23.1 Å². The van der Waals surface area contributed by atoms with Crippen LogP contribution in [0.3, 0.4) is 0 Å². The number of halogens is 1. The lowest BCUT2D eigenvalue weighted by molar-refractivity contribution is 0.0996. The molecule has 34 heavy (non-hydrogen) atoms. The van der Waals surface area contributed by atoms with Crippen LogP contribution in [0.15, 0.2) is 36.5 Å². The van der Waals surface area contributed by atoms with E-state index in [1.165, 1.54) is 19.4 Å². The van der Waals surface area contributed by atoms with E-state index in [0.717, 1.165) is 31.5 Å². The van der Waals surface area contributed by atoms with Gasteiger partial charge in [0.05, 0.1) is 30.6 Å². The van der Waals surface area contributed by atoms with Crippen molar-refractivity contribution in [3.05, 3.63) is 59.2 Å². The van der Waals surface area contributed by atoms with Crippen LogP contribution >= 0.6 is 0 Å². The maximum absolute atomic E-state index is 14.9. The van der Waals surface area contributed by atoms with Crippen molar-refractivity contribution in [1.82, 2.24) is 15.0 Å². The molecule has 1 saturated carbocycles. The number of hydrogen-bond donors (Lipinski definition) is 1.